The zero-order chi connectivity index (χ0) is 11.3. The molecule has 0 amide bonds. The van der Waals surface area contributed by atoms with Crippen LogP contribution in [0.1, 0.15) is 33.2 Å². The molecule has 0 aliphatic carbocycles. The van der Waals surface area contributed by atoms with Gasteiger partial charge in [0.2, 0.25) is 5.95 Å². The van der Waals surface area contributed by atoms with Gasteiger partial charge >= 0.3 is 0 Å². The zero-order valence-corrected chi connectivity index (χ0v) is 9.90. The normalized spacial score (nSPS) is 12.8. The van der Waals surface area contributed by atoms with E-state index in [1.807, 2.05) is 18.5 Å². The van der Waals surface area contributed by atoms with Crippen molar-refractivity contribution >= 4 is 5.95 Å². The second-order valence-corrected chi connectivity index (χ2v) is 4.05. The number of imidazole rings is 1. The van der Waals surface area contributed by atoms with E-state index in [0.29, 0.717) is 12.0 Å². The van der Waals surface area contributed by atoms with Gasteiger partial charge in [-0.15, -0.1) is 6.58 Å². The molecule has 1 aromatic rings. The average molecular weight is 207 g/mol. The molecule has 0 aliphatic rings. The monoisotopic (exact) mass is 207 g/mol. The lowest BCUT2D eigenvalue weighted by Crippen LogP contribution is -2.16. The highest BCUT2D eigenvalue weighted by Gasteiger charge is 2.15. The molecule has 15 heavy (non-hydrogen) atoms. The Morgan fingerprint density at radius 2 is 2.33 bits per heavy atom. The molecule has 0 fully saturated rings. The number of nitrogens with zero attached hydrogens (tertiary/aromatic N) is 2. The number of hydrogen-bond acceptors (Lipinski definition) is 2. The Morgan fingerprint density at radius 3 is 2.87 bits per heavy atom. The molecule has 0 aromatic carbocycles. The molecule has 0 radical (unpaired) electrons. The van der Waals surface area contributed by atoms with E-state index in [4.69, 9.17) is 0 Å². The van der Waals surface area contributed by atoms with Crippen molar-refractivity contribution in [2.24, 2.45) is 5.92 Å². The molecule has 1 N–H and O–H groups in total. The molecule has 0 bridgehead atoms. The summed E-state index contributed by atoms with van der Waals surface area (Å²) in [5.74, 6) is 1.56. The highest BCUT2D eigenvalue weighted by atomic mass is 15.2. The standard InChI is InChI=1S/C12H21N3/c1-5-7-13-12-14-8-9-15(12)11(6-2)10(3)4/h5,8-11H,1,6-7H2,2-4H3,(H,13,14). The van der Waals surface area contributed by atoms with E-state index in [2.05, 4.69) is 42.2 Å². The third-order valence-electron chi connectivity index (χ3n) is 2.62. The van der Waals surface area contributed by atoms with Crippen LogP contribution >= 0.6 is 0 Å². The van der Waals surface area contributed by atoms with Gasteiger partial charge in [0, 0.05) is 25.0 Å². The van der Waals surface area contributed by atoms with E-state index in [0.717, 1.165) is 18.9 Å². The quantitative estimate of drug-likeness (QED) is 0.726. The van der Waals surface area contributed by atoms with E-state index >= 15 is 0 Å². The van der Waals surface area contributed by atoms with Crippen molar-refractivity contribution in [3.05, 3.63) is 25.0 Å². The number of nitrogens with one attached hydrogen (secondary N) is 1. The Kier molecular flexibility index (Phi) is 4.40. The maximum atomic E-state index is 4.31. The minimum absolute atomic E-state index is 0.514. The van der Waals surface area contributed by atoms with Crippen molar-refractivity contribution in [1.82, 2.24) is 9.55 Å². The van der Waals surface area contributed by atoms with Crippen LogP contribution in [0.25, 0.3) is 0 Å². The van der Waals surface area contributed by atoms with E-state index in [1.165, 1.54) is 0 Å². The van der Waals surface area contributed by atoms with E-state index < -0.39 is 0 Å². The fourth-order valence-corrected chi connectivity index (χ4v) is 1.87. The van der Waals surface area contributed by atoms with Gasteiger partial charge in [0.25, 0.3) is 0 Å². The van der Waals surface area contributed by atoms with E-state index in [-0.39, 0.29) is 0 Å². The van der Waals surface area contributed by atoms with Gasteiger partial charge < -0.3 is 9.88 Å². The lowest BCUT2D eigenvalue weighted by molar-refractivity contribution is 0.369. The second-order valence-electron chi connectivity index (χ2n) is 4.05. The van der Waals surface area contributed by atoms with Crippen molar-refractivity contribution in [2.45, 2.75) is 33.2 Å². The molecular formula is C12H21N3. The van der Waals surface area contributed by atoms with Crippen LogP contribution in [0, 0.1) is 5.92 Å². The van der Waals surface area contributed by atoms with Gasteiger partial charge in [0.05, 0.1) is 0 Å². The first-order chi connectivity index (χ1) is 7.20. The molecule has 1 aromatic heterocycles. The Hall–Kier alpha value is -1.25. The molecule has 3 nitrogen and oxygen atoms in total. The summed E-state index contributed by atoms with van der Waals surface area (Å²) in [6, 6.07) is 0.514. The smallest absolute Gasteiger partial charge is 0.203 e. The lowest BCUT2D eigenvalue weighted by Gasteiger charge is -2.22. The summed E-state index contributed by atoms with van der Waals surface area (Å²) < 4.78 is 2.22. The minimum atomic E-state index is 0.514. The van der Waals surface area contributed by atoms with Crippen LogP contribution in [-0.2, 0) is 0 Å². The molecule has 1 atom stereocenters. The highest BCUT2D eigenvalue weighted by Crippen LogP contribution is 2.24. The maximum absolute atomic E-state index is 4.31. The van der Waals surface area contributed by atoms with E-state index in [1.54, 1.807) is 0 Å². The van der Waals surface area contributed by atoms with Crippen LogP contribution in [0.4, 0.5) is 5.95 Å². The Labute approximate surface area is 92.2 Å². The number of rotatable bonds is 6. The largest absolute Gasteiger partial charge is 0.352 e. The van der Waals surface area contributed by atoms with Crippen LogP contribution in [0.2, 0.25) is 0 Å². The molecule has 3 heteroatoms. The van der Waals surface area contributed by atoms with Gasteiger partial charge in [0.1, 0.15) is 0 Å². The number of hydrogen-bond donors (Lipinski definition) is 1. The highest BCUT2D eigenvalue weighted by molar-refractivity contribution is 5.27. The van der Waals surface area contributed by atoms with Gasteiger partial charge in [-0.3, -0.25) is 0 Å². The fourth-order valence-electron chi connectivity index (χ4n) is 1.87. The van der Waals surface area contributed by atoms with Crippen molar-refractivity contribution in [2.75, 3.05) is 11.9 Å². The average Bonchev–Trinajstić information content (AvgIpc) is 2.64. The topological polar surface area (TPSA) is 29.9 Å². The summed E-state index contributed by atoms with van der Waals surface area (Å²) in [6.45, 7) is 11.1. The van der Waals surface area contributed by atoms with Gasteiger partial charge in [-0.05, 0) is 12.3 Å². The molecule has 1 rings (SSSR count). The number of aromatic nitrogens is 2. The predicted octanol–water partition coefficient (Wildman–Crippen LogP) is 3.09. The molecule has 0 saturated carbocycles. The summed E-state index contributed by atoms with van der Waals surface area (Å²) in [7, 11) is 0. The maximum Gasteiger partial charge on any atom is 0.203 e. The Bertz CT molecular complexity index is 302. The van der Waals surface area contributed by atoms with Crippen molar-refractivity contribution < 1.29 is 0 Å². The van der Waals surface area contributed by atoms with Crippen LogP contribution in [0.5, 0.6) is 0 Å². The SMILES string of the molecule is C=CCNc1nccn1C(CC)C(C)C. The molecule has 0 saturated heterocycles. The van der Waals surface area contributed by atoms with Crippen LogP contribution < -0.4 is 5.32 Å². The zero-order valence-electron chi connectivity index (χ0n) is 9.90. The van der Waals surface area contributed by atoms with Crippen LogP contribution in [0.15, 0.2) is 25.0 Å². The fraction of sp³-hybridized carbons (Fsp3) is 0.583. The first-order valence-electron chi connectivity index (χ1n) is 5.58. The summed E-state index contributed by atoms with van der Waals surface area (Å²) >= 11 is 0. The molecule has 1 unspecified atom stereocenters. The van der Waals surface area contributed by atoms with Crippen molar-refractivity contribution in [1.29, 1.82) is 0 Å². The molecule has 1 heterocycles. The summed E-state index contributed by atoms with van der Waals surface area (Å²) in [6.07, 6.45) is 6.85. The summed E-state index contributed by atoms with van der Waals surface area (Å²) in [5, 5.41) is 3.25. The Balaban J connectivity index is 2.82. The molecule has 0 spiro atoms. The van der Waals surface area contributed by atoms with Crippen LogP contribution in [0.3, 0.4) is 0 Å². The van der Waals surface area contributed by atoms with Gasteiger partial charge in [0.15, 0.2) is 0 Å². The lowest BCUT2D eigenvalue weighted by atomic mass is 10.0. The van der Waals surface area contributed by atoms with Gasteiger partial charge in [-0.25, -0.2) is 4.98 Å². The van der Waals surface area contributed by atoms with Crippen molar-refractivity contribution in [3.63, 3.8) is 0 Å². The first kappa shape index (κ1) is 11.8. The summed E-state index contributed by atoms with van der Waals surface area (Å²) in [5.41, 5.74) is 0. The summed E-state index contributed by atoms with van der Waals surface area (Å²) in [4.78, 5) is 4.31. The van der Waals surface area contributed by atoms with Crippen LogP contribution in [-0.4, -0.2) is 16.1 Å². The second kappa shape index (κ2) is 5.59. The third kappa shape index (κ3) is 2.85. The molecular weight excluding hydrogens is 186 g/mol. The van der Waals surface area contributed by atoms with E-state index in [9.17, 15) is 0 Å². The Morgan fingerprint density at radius 1 is 1.60 bits per heavy atom. The minimum Gasteiger partial charge on any atom is -0.352 e. The van der Waals surface area contributed by atoms with Crippen molar-refractivity contribution in [3.8, 4) is 0 Å². The first-order valence-corrected chi connectivity index (χ1v) is 5.58. The predicted molar refractivity (Wildman–Crippen MR) is 65.1 cm³/mol. The molecule has 84 valence electrons. The molecule has 0 aliphatic heterocycles. The third-order valence-corrected chi connectivity index (χ3v) is 2.62. The number of anilines is 1. The van der Waals surface area contributed by atoms with Gasteiger partial charge in [-0.1, -0.05) is 26.8 Å². The van der Waals surface area contributed by atoms with Gasteiger partial charge in [-0.2, -0.15) is 0 Å².